The van der Waals surface area contributed by atoms with Gasteiger partial charge in [0.05, 0.1) is 25.4 Å². The zero-order chi connectivity index (χ0) is 17.4. The average molecular weight is 409 g/mol. The van der Waals surface area contributed by atoms with Gasteiger partial charge in [0.25, 0.3) is 0 Å². The molecule has 26 heavy (non-hydrogen) atoms. The van der Waals surface area contributed by atoms with Crippen LogP contribution >= 0.6 is 24.8 Å². The smallest absolute Gasteiger partial charge is 0.234 e. The number of ether oxygens (including phenoxy) is 2. The van der Waals surface area contributed by atoms with E-state index in [1.54, 1.807) is 7.11 Å². The number of aromatic nitrogens is 1. The summed E-state index contributed by atoms with van der Waals surface area (Å²) in [5, 5.41) is 5.88. The zero-order valence-corrected chi connectivity index (χ0v) is 17.2. The van der Waals surface area contributed by atoms with Crippen LogP contribution in [0.2, 0.25) is 0 Å². The van der Waals surface area contributed by atoms with Crippen LogP contribution in [0.3, 0.4) is 0 Å². The summed E-state index contributed by atoms with van der Waals surface area (Å²) in [6, 6.07) is 4.01. The van der Waals surface area contributed by atoms with Gasteiger partial charge in [-0.2, -0.15) is 0 Å². The number of pyridine rings is 1. The third kappa shape index (κ3) is 8.51. The fourth-order valence-corrected chi connectivity index (χ4v) is 2.71. The number of nitrogens with one attached hydrogen (secondary N) is 2. The van der Waals surface area contributed by atoms with Gasteiger partial charge in [-0.3, -0.25) is 4.79 Å². The zero-order valence-electron chi connectivity index (χ0n) is 15.6. The van der Waals surface area contributed by atoms with Crippen LogP contribution in [0.25, 0.3) is 0 Å². The van der Waals surface area contributed by atoms with E-state index in [1.165, 1.54) is 0 Å². The molecular weight excluding hydrogens is 379 g/mol. The molecule has 2 unspecified atom stereocenters. The SMILES string of the molecule is COCCNCC(=O)NCc1ccc(N2CC(C)OC(C)C2)nc1.Cl.Cl. The molecule has 1 aromatic rings. The fourth-order valence-electron chi connectivity index (χ4n) is 2.71. The lowest BCUT2D eigenvalue weighted by molar-refractivity contribution is -0.120. The van der Waals surface area contributed by atoms with Gasteiger partial charge >= 0.3 is 0 Å². The Morgan fingerprint density at radius 3 is 2.58 bits per heavy atom. The Morgan fingerprint density at radius 1 is 1.31 bits per heavy atom. The van der Waals surface area contributed by atoms with E-state index in [2.05, 4.69) is 34.4 Å². The molecule has 1 saturated heterocycles. The summed E-state index contributed by atoms with van der Waals surface area (Å²) in [7, 11) is 1.64. The largest absolute Gasteiger partial charge is 0.383 e. The number of rotatable bonds is 8. The number of morpholine rings is 1. The summed E-state index contributed by atoms with van der Waals surface area (Å²) in [4.78, 5) is 18.5. The van der Waals surface area contributed by atoms with Gasteiger partial charge in [-0.25, -0.2) is 4.98 Å². The summed E-state index contributed by atoms with van der Waals surface area (Å²) in [6.07, 6.45) is 2.24. The second-order valence-electron chi connectivity index (χ2n) is 6.13. The standard InChI is InChI=1S/C17H28N4O3.2ClH/c1-13-11-21(12-14(2)24-13)16-5-4-15(8-19-16)9-20-17(22)10-18-6-7-23-3;;/h4-5,8,13-14,18H,6-7,9-12H2,1-3H3,(H,20,22);2*1H. The van der Waals surface area contributed by atoms with Gasteiger partial charge in [0.15, 0.2) is 0 Å². The molecule has 1 fully saturated rings. The predicted octanol–water partition coefficient (Wildman–Crippen LogP) is 1.39. The van der Waals surface area contributed by atoms with Gasteiger partial charge in [0.2, 0.25) is 5.91 Å². The van der Waals surface area contributed by atoms with Gasteiger partial charge in [-0.1, -0.05) is 6.07 Å². The maximum atomic E-state index is 11.7. The molecule has 0 aliphatic carbocycles. The third-order valence-corrected chi connectivity index (χ3v) is 3.81. The number of hydrogen-bond acceptors (Lipinski definition) is 6. The Kier molecular flexibility index (Phi) is 12.5. The molecule has 0 spiro atoms. The van der Waals surface area contributed by atoms with E-state index in [0.717, 1.165) is 24.5 Å². The summed E-state index contributed by atoms with van der Waals surface area (Å²) in [5.74, 6) is 0.916. The molecule has 0 aromatic carbocycles. The molecule has 2 rings (SSSR count). The molecule has 150 valence electrons. The van der Waals surface area contributed by atoms with Gasteiger partial charge in [-0.15, -0.1) is 24.8 Å². The average Bonchev–Trinajstić information content (AvgIpc) is 2.56. The van der Waals surface area contributed by atoms with Crippen molar-refractivity contribution in [1.82, 2.24) is 15.6 Å². The van der Waals surface area contributed by atoms with Crippen LogP contribution in [-0.4, -0.2) is 63.0 Å². The van der Waals surface area contributed by atoms with Crippen molar-refractivity contribution in [2.75, 3.05) is 44.8 Å². The normalized spacial score (nSPS) is 19.3. The van der Waals surface area contributed by atoms with Gasteiger partial charge in [0.1, 0.15) is 5.82 Å². The first kappa shape index (κ1) is 24.9. The Bertz CT molecular complexity index is 509. The Balaban J connectivity index is 0.00000312. The van der Waals surface area contributed by atoms with Crippen LogP contribution in [0.15, 0.2) is 18.3 Å². The van der Waals surface area contributed by atoms with Gasteiger partial charge in [-0.05, 0) is 25.5 Å². The quantitative estimate of drug-likeness (QED) is 0.633. The van der Waals surface area contributed by atoms with Crippen LogP contribution in [0.5, 0.6) is 0 Å². The highest BCUT2D eigenvalue weighted by molar-refractivity contribution is 5.85. The molecule has 1 aromatic heterocycles. The highest BCUT2D eigenvalue weighted by Crippen LogP contribution is 2.18. The minimum absolute atomic E-state index is 0. The maximum Gasteiger partial charge on any atom is 0.234 e. The highest BCUT2D eigenvalue weighted by Gasteiger charge is 2.22. The lowest BCUT2D eigenvalue weighted by Gasteiger charge is -2.36. The summed E-state index contributed by atoms with van der Waals surface area (Å²) < 4.78 is 10.7. The summed E-state index contributed by atoms with van der Waals surface area (Å²) >= 11 is 0. The second kappa shape index (κ2) is 13.1. The molecule has 2 heterocycles. The van der Waals surface area contributed by atoms with E-state index in [1.807, 2.05) is 18.3 Å². The van der Waals surface area contributed by atoms with Crippen LogP contribution in [0.1, 0.15) is 19.4 Å². The lowest BCUT2D eigenvalue weighted by atomic mass is 10.2. The molecule has 1 aliphatic rings. The van der Waals surface area contributed by atoms with Crippen LogP contribution in [0.4, 0.5) is 5.82 Å². The molecule has 0 radical (unpaired) electrons. The molecule has 0 bridgehead atoms. The molecule has 1 amide bonds. The Labute approximate surface area is 168 Å². The monoisotopic (exact) mass is 408 g/mol. The number of halogens is 2. The number of hydrogen-bond donors (Lipinski definition) is 2. The molecule has 9 heteroatoms. The summed E-state index contributed by atoms with van der Waals surface area (Å²) in [5.41, 5.74) is 0.985. The van der Waals surface area contributed by atoms with E-state index in [9.17, 15) is 4.79 Å². The molecule has 0 saturated carbocycles. The van der Waals surface area contributed by atoms with Crippen molar-refractivity contribution in [3.8, 4) is 0 Å². The van der Waals surface area contributed by atoms with Gasteiger partial charge in [0, 0.05) is 39.5 Å². The van der Waals surface area contributed by atoms with Crippen molar-refractivity contribution in [2.45, 2.75) is 32.6 Å². The Hall–Kier alpha value is -1.12. The van der Waals surface area contributed by atoms with Crippen molar-refractivity contribution in [2.24, 2.45) is 0 Å². The van der Waals surface area contributed by atoms with E-state index in [4.69, 9.17) is 9.47 Å². The molecule has 1 aliphatic heterocycles. The fraction of sp³-hybridized carbons (Fsp3) is 0.647. The van der Waals surface area contributed by atoms with E-state index < -0.39 is 0 Å². The van der Waals surface area contributed by atoms with Crippen molar-refractivity contribution in [1.29, 1.82) is 0 Å². The minimum atomic E-state index is -0.0361. The van der Waals surface area contributed by atoms with Crippen molar-refractivity contribution >= 4 is 36.5 Å². The number of anilines is 1. The van der Waals surface area contributed by atoms with E-state index in [-0.39, 0.29) is 42.9 Å². The first-order chi connectivity index (χ1) is 11.6. The number of nitrogens with zero attached hydrogens (tertiary/aromatic N) is 2. The van der Waals surface area contributed by atoms with Crippen molar-refractivity contribution < 1.29 is 14.3 Å². The first-order valence-electron chi connectivity index (χ1n) is 8.40. The minimum Gasteiger partial charge on any atom is -0.383 e. The first-order valence-corrected chi connectivity index (χ1v) is 8.40. The second-order valence-corrected chi connectivity index (χ2v) is 6.13. The Morgan fingerprint density at radius 2 is 2.00 bits per heavy atom. The molecule has 2 atom stereocenters. The third-order valence-electron chi connectivity index (χ3n) is 3.81. The molecule has 7 nitrogen and oxygen atoms in total. The molecule has 2 N–H and O–H groups in total. The van der Waals surface area contributed by atoms with Crippen LogP contribution in [0, 0.1) is 0 Å². The topological polar surface area (TPSA) is 75.7 Å². The van der Waals surface area contributed by atoms with Crippen LogP contribution < -0.4 is 15.5 Å². The van der Waals surface area contributed by atoms with E-state index in [0.29, 0.717) is 26.2 Å². The lowest BCUT2D eigenvalue weighted by Crippen LogP contribution is -2.45. The molecular formula is C17H30Cl2N4O3. The van der Waals surface area contributed by atoms with Gasteiger partial charge < -0.3 is 25.0 Å². The number of carbonyl (C=O) groups is 1. The predicted molar refractivity (Wildman–Crippen MR) is 108 cm³/mol. The van der Waals surface area contributed by atoms with Crippen molar-refractivity contribution in [3.63, 3.8) is 0 Å². The number of methoxy groups -OCH3 is 1. The maximum absolute atomic E-state index is 11.7. The van der Waals surface area contributed by atoms with E-state index >= 15 is 0 Å². The van der Waals surface area contributed by atoms with Crippen molar-refractivity contribution in [3.05, 3.63) is 23.9 Å². The summed E-state index contributed by atoms with van der Waals surface area (Å²) in [6.45, 7) is 7.88. The van der Waals surface area contributed by atoms with Crippen LogP contribution in [-0.2, 0) is 20.8 Å². The number of amides is 1. The number of carbonyl (C=O) groups excluding carboxylic acids is 1. The highest BCUT2D eigenvalue weighted by atomic mass is 35.5.